The molecule has 1 atom stereocenters. The molecule has 0 N–H and O–H groups in total. The fourth-order valence-electron chi connectivity index (χ4n) is 3.21. The van der Waals surface area contributed by atoms with E-state index in [1.54, 1.807) is 34.7 Å². The lowest BCUT2D eigenvalue weighted by Crippen LogP contribution is -2.42. The molecule has 0 radical (unpaired) electrons. The predicted octanol–water partition coefficient (Wildman–Crippen LogP) is 2.55. The summed E-state index contributed by atoms with van der Waals surface area (Å²) in [5.41, 5.74) is 2.95. The molecule has 0 spiro atoms. The minimum atomic E-state index is -0.326. The number of morpholine rings is 1. The molecule has 1 aliphatic heterocycles. The monoisotopic (exact) mass is 317 g/mol. The zero-order valence-electron chi connectivity index (χ0n) is 13.5. The molecule has 23 heavy (non-hydrogen) atoms. The van der Waals surface area contributed by atoms with Crippen LogP contribution >= 0.6 is 0 Å². The van der Waals surface area contributed by atoms with Crippen LogP contribution in [-0.2, 0) is 9.53 Å². The van der Waals surface area contributed by atoms with E-state index in [0.717, 1.165) is 17.0 Å². The van der Waals surface area contributed by atoms with Crippen LogP contribution < -0.4 is 0 Å². The number of hydrogen-bond donors (Lipinski definition) is 0. The van der Waals surface area contributed by atoms with Crippen LogP contribution in [0.25, 0.3) is 5.69 Å². The number of carbonyl (C=O) groups excluding carboxylic acids is 1. The molecule has 0 aliphatic carbocycles. The third-order valence-corrected chi connectivity index (χ3v) is 4.29. The second-order valence-corrected chi connectivity index (χ2v) is 5.75. The van der Waals surface area contributed by atoms with Gasteiger partial charge in [0.25, 0.3) is 0 Å². The van der Waals surface area contributed by atoms with Crippen molar-refractivity contribution in [3.05, 3.63) is 47.0 Å². The summed E-state index contributed by atoms with van der Waals surface area (Å²) in [7, 11) is 0. The fraction of sp³-hybridized carbons (Fsp3) is 0.412. The molecule has 122 valence electrons. The Balaban J connectivity index is 2.08. The highest BCUT2D eigenvalue weighted by atomic mass is 19.1. The number of rotatable bonds is 2. The van der Waals surface area contributed by atoms with Gasteiger partial charge in [-0.2, -0.15) is 5.10 Å². The van der Waals surface area contributed by atoms with Crippen molar-refractivity contribution in [3.63, 3.8) is 0 Å². The predicted molar refractivity (Wildman–Crippen MR) is 83.9 cm³/mol. The Labute approximate surface area is 134 Å². The highest BCUT2D eigenvalue weighted by molar-refractivity contribution is 5.74. The van der Waals surface area contributed by atoms with E-state index in [-0.39, 0.29) is 17.8 Å². The third-order valence-electron chi connectivity index (χ3n) is 4.29. The number of hydrogen-bond acceptors (Lipinski definition) is 3. The number of amides is 1. The zero-order valence-corrected chi connectivity index (χ0v) is 13.5. The first-order valence-electron chi connectivity index (χ1n) is 7.66. The molecule has 2 aromatic rings. The van der Waals surface area contributed by atoms with E-state index in [2.05, 4.69) is 5.10 Å². The molecule has 1 saturated heterocycles. The van der Waals surface area contributed by atoms with Crippen LogP contribution in [0.4, 0.5) is 4.39 Å². The van der Waals surface area contributed by atoms with Crippen molar-refractivity contribution in [3.8, 4) is 5.69 Å². The highest BCUT2D eigenvalue weighted by Gasteiger charge is 2.31. The molecular weight excluding hydrogens is 297 g/mol. The Kier molecular flexibility index (Phi) is 4.17. The van der Waals surface area contributed by atoms with Gasteiger partial charge in [-0.3, -0.25) is 4.79 Å². The summed E-state index contributed by atoms with van der Waals surface area (Å²) in [6.07, 6.45) is 0. The van der Waals surface area contributed by atoms with E-state index >= 15 is 0 Å². The van der Waals surface area contributed by atoms with Gasteiger partial charge >= 0.3 is 0 Å². The summed E-state index contributed by atoms with van der Waals surface area (Å²) in [6, 6.07) is 6.36. The van der Waals surface area contributed by atoms with E-state index in [1.807, 2.05) is 13.8 Å². The molecule has 6 heteroatoms. The van der Waals surface area contributed by atoms with Gasteiger partial charge in [-0.1, -0.05) is 12.1 Å². The smallest absolute Gasteiger partial charge is 0.220 e. The minimum Gasteiger partial charge on any atom is -0.377 e. The average Bonchev–Trinajstić information content (AvgIpc) is 2.82. The van der Waals surface area contributed by atoms with Gasteiger partial charge < -0.3 is 9.64 Å². The second kappa shape index (κ2) is 6.12. The molecule has 1 fully saturated rings. The van der Waals surface area contributed by atoms with E-state index < -0.39 is 0 Å². The first kappa shape index (κ1) is 15.7. The van der Waals surface area contributed by atoms with Gasteiger partial charge in [0.2, 0.25) is 5.91 Å². The van der Waals surface area contributed by atoms with E-state index in [4.69, 9.17) is 4.74 Å². The fourth-order valence-corrected chi connectivity index (χ4v) is 3.21. The maximum atomic E-state index is 14.1. The van der Waals surface area contributed by atoms with Crippen molar-refractivity contribution in [1.82, 2.24) is 14.7 Å². The highest BCUT2D eigenvalue weighted by Crippen LogP contribution is 2.31. The zero-order chi connectivity index (χ0) is 16.6. The quantitative estimate of drug-likeness (QED) is 0.855. The Hall–Kier alpha value is -2.21. The number of aryl methyl sites for hydroxylation is 1. The standard InChI is InChI=1S/C17H20FN3O2/c1-11-17(16-10-23-9-8-20(16)13(3)22)12(2)21(19-11)15-7-5-4-6-14(15)18/h4-7,16H,8-10H2,1-3H3/t16-/m1/s1. The molecular formula is C17H20FN3O2. The second-order valence-electron chi connectivity index (χ2n) is 5.75. The molecule has 1 aromatic heterocycles. The van der Waals surface area contributed by atoms with E-state index in [1.165, 1.54) is 6.07 Å². The van der Waals surface area contributed by atoms with Gasteiger partial charge in [-0.05, 0) is 26.0 Å². The summed E-state index contributed by atoms with van der Waals surface area (Å²) in [4.78, 5) is 13.7. The first-order valence-corrected chi connectivity index (χ1v) is 7.66. The molecule has 0 bridgehead atoms. The third kappa shape index (κ3) is 2.74. The number of para-hydroxylation sites is 1. The van der Waals surface area contributed by atoms with Crippen molar-refractivity contribution in [1.29, 1.82) is 0 Å². The van der Waals surface area contributed by atoms with Gasteiger partial charge in [0.05, 0.1) is 24.9 Å². The molecule has 5 nitrogen and oxygen atoms in total. The molecule has 1 aromatic carbocycles. The summed E-state index contributed by atoms with van der Waals surface area (Å²) in [6.45, 7) is 6.87. The molecule has 3 rings (SSSR count). The van der Waals surface area contributed by atoms with Crippen LogP contribution in [-0.4, -0.2) is 40.3 Å². The lowest BCUT2D eigenvalue weighted by Gasteiger charge is -2.35. The Morgan fingerprint density at radius 3 is 2.78 bits per heavy atom. The van der Waals surface area contributed by atoms with Crippen LogP contribution in [0.2, 0.25) is 0 Å². The molecule has 1 aliphatic rings. The summed E-state index contributed by atoms with van der Waals surface area (Å²) in [5.74, 6) is -0.316. The maximum absolute atomic E-state index is 14.1. The number of nitrogens with zero attached hydrogens (tertiary/aromatic N) is 3. The first-order chi connectivity index (χ1) is 11.0. The largest absolute Gasteiger partial charge is 0.377 e. The number of halogens is 1. The Morgan fingerprint density at radius 1 is 1.35 bits per heavy atom. The van der Waals surface area contributed by atoms with Gasteiger partial charge in [0.15, 0.2) is 0 Å². The van der Waals surface area contributed by atoms with Crippen LogP contribution in [0.3, 0.4) is 0 Å². The molecule has 1 amide bonds. The molecule has 0 unspecified atom stereocenters. The summed E-state index contributed by atoms with van der Waals surface area (Å²) >= 11 is 0. The number of carbonyl (C=O) groups is 1. The molecule has 0 saturated carbocycles. The number of ether oxygens (including phenoxy) is 1. The van der Waals surface area contributed by atoms with Crippen LogP contribution in [0.15, 0.2) is 24.3 Å². The lowest BCUT2D eigenvalue weighted by atomic mass is 10.0. The normalized spacial score (nSPS) is 18.3. The topological polar surface area (TPSA) is 47.4 Å². The Bertz CT molecular complexity index is 741. The van der Waals surface area contributed by atoms with Gasteiger partial charge in [-0.15, -0.1) is 0 Å². The number of aromatic nitrogens is 2. The van der Waals surface area contributed by atoms with Gasteiger partial charge in [0.1, 0.15) is 11.5 Å². The van der Waals surface area contributed by atoms with Crippen LogP contribution in [0.5, 0.6) is 0 Å². The van der Waals surface area contributed by atoms with Crippen molar-refractivity contribution in [2.45, 2.75) is 26.8 Å². The maximum Gasteiger partial charge on any atom is 0.220 e. The number of benzene rings is 1. The summed E-state index contributed by atoms with van der Waals surface area (Å²) in [5, 5.41) is 4.49. The van der Waals surface area contributed by atoms with Crippen molar-refractivity contribution < 1.29 is 13.9 Å². The van der Waals surface area contributed by atoms with Crippen LogP contribution in [0.1, 0.15) is 29.9 Å². The molecule has 2 heterocycles. The van der Waals surface area contributed by atoms with Crippen LogP contribution in [0, 0.1) is 19.7 Å². The SMILES string of the molecule is CC(=O)N1CCOC[C@@H]1c1c(C)nn(-c2ccccc2F)c1C. The van der Waals surface area contributed by atoms with Gasteiger partial charge in [-0.25, -0.2) is 9.07 Å². The van der Waals surface area contributed by atoms with Crippen molar-refractivity contribution in [2.75, 3.05) is 19.8 Å². The summed E-state index contributed by atoms with van der Waals surface area (Å²) < 4.78 is 21.3. The Morgan fingerprint density at radius 2 is 2.09 bits per heavy atom. The minimum absolute atomic E-state index is 0.00995. The lowest BCUT2D eigenvalue weighted by molar-refractivity contribution is -0.137. The van der Waals surface area contributed by atoms with Crippen molar-refractivity contribution in [2.24, 2.45) is 0 Å². The van der Waals surface area contributed by atoms with E-state index in [9.17, 15) is 9.18 Å². The van der Waals surface area contributed by atoms with Gasteiger partial charge in [0, 0.05) is 24.7 Å². The average molecular weight is 317 g/mol. The van der Waals surface area contributed by atoms with Crippen molar-refractivity contribution >= 4 is 5.91 Å². The van der Waals surface area contributed by atoms with E-state index in [0.29, 0.717) is 25.4 Å².